The number of halogens is 1. The zero-order valence-electron chi connectivity index (χ0n) is 11.3. The highest BCUT2D eigenvalue weighted by Crippen LogP contribution is 2.23. The molecule has 108 valence electrons. The minimum absolute atomic E-state index is 0.122. The van der Waals surface area contributed by atoms with Crippen LogP contribution in [0, 0.1) is 5.82 Å². The van der Waals surface area contributed by atoms with Crippen molar-refractivity contribution in [3.05, 3.63) is 59.4 Å². The predicted octanol–water partition coefficient (Wildman–Crippen LogP) is 3.37. The second kappa shape index (κ2) is 6.17. The first kappa shape index (κ1) is 14.7. The Morgan fingerprint density at radius 1 is 1.10 bits per heavy atom. The van der Waals surface area contributed by atoms with E-state index in [0.717, 1.165) is 0 Å². The highest BCUT2D eigenvalue weighted by Gasteiger charge is 2.13. The van der Waals surface area contributed by atoms with Crippen LogP contribution in [-0.4, -0.2) is 23.7 Å². The number of carboxylic acids is 1. The molecule has 4 nitrogen and oxygen atoms in total. The van der Waals surface area contributed by atoms with Crippen LogP contribution in [0.2, 0.25) is 0 Å². The van der Waals surface area contributed by atoms with Gasteiger partial charge < -0.3 is 9.84 Å². The van der Waals surface area contributed by atoms with Gasteiger partial charge in [-0.2, -0.15) is 0 Å². The number of benzene rings is 2. The third-order valence-electron chi connectivity index (χ3n) is 2.93. The number of carbonyl (C=O) groups excluding carboxylic acids is 1. The van der Waals surface area contributed by atoms with Gasteiger partial charge in [-0.1, -0.05) is 18.2 Å². The van der Waals surface area contributed by atoms with Crippen LogP contribution in [0.4, 0.5) is 4.39 Å². The summed E-state index contributed by atoms with van der Waals surface area (Å²) in [5.74, 6) is -2.40. The lowest BCUT2D eigenvalue weighted by molar-refractivity contribution is 0.0520. The maximum Gasteiger partial charge on any atom is 0.341 e. The number of aromatic carboxylic acids is 1. The van der Waals surface area contributed by atoms with Crippen molar-refractivity contribution in [2.75, 3.05) is 6.61 Å². The average molecular weight is 288 g/mol. The lowest BCUT2D eigenvalue weighted by Crippen LogP contribution is -2.07. The average Bonchev–Trinajstić information content (AvgIpc) is 2.47. The van der Waals surface area contributed by atoms with E-state index in [1.807, 2.05) is 0 Å². The van der Waals surface area contributed by atoms with Gasteiger partial charge in [0.1, 0.15) is 5.82 Å². The highest BCUT2D eigenvalue weighted by molar-refractivity contribution is 5.91. The zero-order valence-corrected chi connectivity index (χ0v) is 11.3. The van der Waals surface area contributed by atoms with Gasteiger partial charge in [-0.05, 0) is 42.3 Å². The van der Waals surface area contributed by atoms with E-state index in [-0.39, 0.29) is 17.7 Å². The summed E-state index contributed by atoms with van der Waals surface area (Å²) >= 11 is 0. The summed E-state index contributed by atoms with van der Waals surface area (Å²) in [5, 5.41) is 8.83. The van der Waals surface area contributed by atoms with Crippen molar-refractivity contribution < 1.29 is 23.8 Å². The maximum atomic E-state index is 13.9. The Balaban J connectivity index is 2.31. The van der Waals surface area contributed by atoms with Gasteiger partial charge in [0, 0.05) is 0 Å². The van der Waals surface area contributed by atoms with Gasteiger partial charge in [0.15, 0.2) is 0 Å². The SMILES string of the molecule is CCOC(=O)c1ccc(-c2ccc(C(=O)O)cc2)cc1F. The largest absolute Gasteiger partial charge is 0.478 e. The summed E-state index contributed by atoms with van der Waals surface area (Å²) in [6.45, 7) is 1.82. The van der Waals surface area contributed by atoms with Crippen molar-refractivity contribution in [1.82, 2.24) is 0 Å². The fourth-order valence-electron chi connectivity index (χ4n) is 1.87. The molecule has 0 aliphatic rings. The Morgan fingerprint density at radius 3 is 2.24 bits per heavy atom. The molecule has 5 heteroatoms. The summed E-state index contributed by atoms with van der Waals surface area (Å²) in [6, 6.07) is 10.2. The van der Waals surface area contributed by atoms with Crippen molar-refractivity contribution in [2.24, 2.45) is 0 Å². The van der Waals surface area contributed by atoms with Gasteiger partial charge in [-0.15, -0.1) is 0 Å². The summed E-state index contributed by atoms with van der Waals surface area (Å²) < 4.78 is 18.7. The molecule has 2 rings (SSSR count). The number of carboxylic acid groups (broad SMARTS) is 1. The minimum Gasteiger partial charge on any atom is -0.478 e. The molecule has 2 aromatic carbocycles. The number of hydrogen-bond donors (Lipinski definition) is 1. The summed E-state index contributed by atoms with van der Waals surface area (Å²) in [6.07, 6.45) is 0. The number of hydrogen-bond acceptors (Lipinski definition) is 3. The van der Waals surface area contributed by atoms with E-state index in [0.29, 0.717) is 11.1 Å². The van der Waals surface area contributed by atoms with Crippen molar-refractivity contribution in [3.63, 3.8) is 0 Å². The Hall–Kier alpha value is -2.69. The van der Waals surface area contributed by atoms with E-state index in [1.54, 1.807) is 25.1 Å². The molecule has 0 saturated heterocycles. The molecule has 0 unspecified atom stereocenters. The molecule has 0 bridgehead atoms. The lowest BCUT2D eigenvalue weighted by Gasteiger charge is -2.06. The first-order chi connectivity index (χ1) is 10.0. The van der Waals surface area contributed by atoms with E-state index in [9.17, 15) is 14.0 Å². The van der Waals surface area contributed by atoms with Gasteiger partial charge in [0.25, 0.3) is 0 Å². The molecule has 2 aromatic rings. The van der Waals surface area contributed by atoms with Crippen molar-refractivity contribution >= 4 is 11.9 Å². The monoisotopic (exact) mass is 288 g/mol. The van der Waals surface area contributed by atoms with E-state index >= 15 is 0 Å². The van der Waals surface area contributed by atoms with Crippen LogP contribution in [0.25, 0.3) is 11.1 Å². The third-order valence-corrected chi connectivity index (χ3v) is 2.93. The fraction of sp³-hybridized carbons (Fsp3) is 0.125. The smallest absolute Gasteiger partial charge is 0.341 e. The van der Waals surface area contributed by atoms with Crippen LogP contribution in [0.15, 0.2) is 42.5 Å². The molecule has 0 spiro atoms. The van der Waals surface area contributed by atoms with Crippen molar-refractivity contribution in [3.8, 4) is 11.1 Å². The van der Waals surface area contributed by atoms with Crippen molar-refractivity contribution in [2.45, 2.75) is 6.92 Å². The number of ether oxygens (including phenoxy) is 1. The van der Waals surface area contributed by atoms with E-state index in [2.05, 4.69) is 0 Å². The quantitative estimate of drug-likeness (QED) is 0.876. The molecule has 0 radical (unpaired) electrons. The van der Waals surface area contributed by atoms with Crippen molar-refractivity contribution in [1.29, 1.82) is 0 Å². The molecule has 0 fully saturated rings. The molecular weight excluding hydrogens is 275 g/mol. The standard InChI is InChI=1S/C16H13FO4/c1-2-21-16(20)13-8-7-12(9-14(13)17)10-3-5-11(6-4-10)15(18)19/h3-9H,2H2,1H3,(H,18,19). The molecule has 0 atom stereocenters. The first-order valence-corrected chi connectivity index (χ1v) is 6.33. The zero-order chi connectivity index (χ0) is 15.4. The maximum absolute atomic E-state index is 13.9. The Kier molecular flexibility index (Phi) is 4.33. The molecule has 0 aromatic heterocycles. The number of rotatable bonds is 4. The summed E-state index contributed by atoms with van der Waals surface area (Å²) in [5.41, 5.74) is 1.25. The molecule has 21 heavy (non-hydrogen) atoms. The Morgan fingerprint density at radius 2 is 1.71 bits per heavy atom. The Labute approximate surface area is 120 Å². The summed E-state index contributed by atoms with van der Waals surface area (Å²) in [4.78, 5) is 22.3. The molecule has 0 amide bonds. The first-order valence-electron chi connectivity index (χ1n) is 6.33. The normalized spacial score (nSPS) is 10.2. The number of esters is 1. The van der Waals surface area contributed by atoms with Crippen LogP contribution in [0.3, 0.4) is 0 Å². The molecule has 0 aliphatic heterocycles. The topological polar surface area (TPSA) is 63.6 Å². The van der Waals surface area contributed by atoms with Gasteiger partial charge >= 0.3 is 11.9 Å². The lowest BCUT2D eigenvalue weighted by atomic mass is 10.0. The predicted molar refractivity (Wildman–Crippen MR) is 74.8 cm³/mol. The van der Waals surface area contributed by atoms with E-state index in [4.69, 9.17) is 9.84 Å². The van der Waals surface area contributed by atoms with Crippen LogP contribution in [-0.2, 0) is 4.74 Å². The van der Waals surface area contributed by atoms with Crippen LogP contribution in [0.1, 0.15) is 27.6 Å². The molecule has 0 saturated carbocycles. The fourth-order valence-corrected chi connectivity index (χ4v) is 1.87. The highest BCUT2D eigenvalue weighted by atomic mass is 19.1. The molecular formula is C16H13FO4. The van der Waals surface area contributed by atoms with Gasteiger partial charge in [-0.25, -0.2) is 14.0 Å². The van der Waals surface area contributed by atoms with Crippen LogP contribution >= 0.6 is 0 Å². The molecule has 1 N–H and O–H groups in total. The molecule has 0 aliphatic carbocycles. The van der Waals surface area contributed by atoms with Gasteiger partial charge in [-0.3, -0.25) is 0 Å². The third kappa shape index (κ3) is 3.25. The number of carbonyl (C=O) groups is 2. The van der Waals surface area contributed by atoms with Gasteiger partial charge in [0.05, 0.1) is 17.7 Å². The minimum atomic E-state index is -1.02. The van der Waals surface area contributed by atoms with Crippen LogP contribution in [0.5, 0.6) is 0 Å². The second-order valence-electron chi connectivity index (χ2n) is 4.30. The summed E-state index contributed by atoms with van der Waals surface area (Å²) in [7, 11) is 0. The molecule has 0 heterocycles. The second-order valence-corrected chi connectivity index (χ2v) is 4.30. The van der Waals surface area contributed by atoms with E-state index < -0.39 is 17.8 Å². The Bertz CT molecular complexity index is 677. The van der Waals surface area contributed by atoms with E-state index in [1.165, 1.54) is 24.3 Å². The van der Waals surface area contributed by atoms with Crippen LogP contribution < -0.4 is 0 Å². The van der Waals surface area contributed by atoms with Gasteiger partial charge in [0.2, 0.25) is 0 Å².